The van der Waals surface area contributed by atoms with E-state index in [-0.39, 0.29) is 5.91 Å². The molecule has 1 amide bonds. The van der Waals surface area contributed by atoms with Crippen LogP contribution in [-0.2, 0) is 19.6 Å². The molecule has 0 bridgehead atoms. The molecule has 25 heavy (non-hydrogen) atoms. The van der Waals surface area contributed by atoms with Crippen molar-refractivity contribution in [1.82, 2.24) is 9.88 Å². The number of hydrogen-bond acceptors (Lipinski definition) is 4. The average molecular weight is 350 g/mol. The Labute approximate surface area is 150 Å². The van der Waals surface area contributed by atoms with Crippen molar-refractivity contribution in [2.75, 3.05) is 6.54 Å². The van der Waals surface area contributed by atoms with Gasteiger partial charge in [0.2, 0.25) is 0 Å². The maximum Gasteiger partial charge on any atom is 0.254 e. The van der Waals surface area contributed by atoms with Gasteiger partial charge in [0, 0.05) is 24.0 Å². The van der Waals surface area contributed by atoms with Crippen molar-refractivity contribution in [2.45, 2.75) is 19.6 Å². The minimum absolute atomic E-state index is 0.0496. The molecule has 0 aliphatic carbocycles. The zero-order valence-electron chi connectivity index (χ0n) is 13.7. The zero-order valence-corrected chi connectivity index (χ0v) is 14.5. The summed E-state index contributed by atoms with van der Waals surface area (Å²) < 4.78 is 5.76. The molecule has 0 N–H and O–H groups in total. The van der Waals surface area contributed by atoms with Gasteiger partial charge in [-0.15, -0.1) is 11.3 Å². The van der Waals surface area contributed by atoms with Gasteiger partial charge in [-0.2, -0.15) is 0 Å². The topological polar surface area (TPSA) is 42.4 Å². The normalized spacial score (nSPS) is 13.4. The van der Waals surface area contributed by atoms with Crippen LogP contribution in [0.25, 0.3) is 0 Å². The first kappa shape index (κ1) is 15.8. The van der Waals surface area contributed by atoms with E-state index in [2.05, 4.69) is 23.2 Å². The molecule has 1 aromatic heterocycles. The summed E-state index contributed by atoms with van der Waals surface area (Å²) in [4.78, 5) is 19.0. The van der Waals surface area contributed by atoms with Crippen LogP contribution in [0.15, 0.2) is 59.4 Å². The third kappa shape index (κ3) is 3.56. The number of carbonyl (C=O) groups is 1. The molecule has 5 heteroatoms. The van der Waals surface area contributed by atoms with Gasteiger partial charge in [-0.3, -0.25) is 4.79 Å². The summed E-state index contributed by atoms with van der Waals surface area (Å²) in [6, 6.07) is 15.7. The number of fused-ring (bicyclic) bond motifs is 1. The molecule has 4 nitrogen and oxygen atoms in total. The number of rotatable bonds is 4. The number of ether oxygens (including phenoxy) is 1. The molecule has 1 aliphatic rings. The van der Waals surface area contributed by atoms with Crippen LogP contribution in [-0.4, -0.2) is 22.3 Å². The SMILES string of the molecule is O=C(c1cccc(OCc2cscn2)c1)N1CCc2ccccc2C1. The lowest BCUT2D eigenvalue weighted by Crippen LogP contribution is -2.35. The van der Waals surface area contributed by atoms with Crippen molar-refractivity contribution >= 4 is 17.2 Å². The van der Waals surface area contributed by atoms with Gasteiger partial charge >= 0.3 is 0 Å². The van der Waals surface area contributed by atoms with Gasteiger partial charge in [0.25, 0.3) is 5.91 Å². The fraction of sp³-hybridized carbons (Fsp3) is 0.200. The van der Waals surface area contributed by atoms with Gasteiger partial charge < -0.3 is 9.64 Å². The van der Waals surface area contributed by atoms with Crippen molar-refractivity contribution in [3.05, 3.63) is 81.8 Å². The lowest BCUT2D eigenvalue weighted by molar-refractivity contribution is 0.0734. The molecule has 0 fully saturated rings. The Kier molecular flexibility index (Phi) is 4.48. The first-order chi connectivity index (χ1) is 12.3. The van der Waals surface area contributed by atoms with Gasteiger partial charge in [0.1, 0.15) is 12.4 Å². The molecular formula is C20H18N2O2S. The van der Waals surface area contributed by atoms with Crippen molar-refractivity contribution in [3.8, 4) is 5.75 Å². The van der Waals surface area contributed by atoms with Crippen LogP contribution in [0, 0.1) is 0 Å². The molecule has 126 valence electrons. The van der Waals surface area contributed by atoms with Crippen LogP contribution in [0.5, 0.6) is 5.75 Å². The van der Waals surface area contributed by atoms with E-state index >= 15 is 0 Å². The molecule has 0 radical (unpaired) electrons. The summed E-state index contributed by atoms with van der Waals surface area (Å²) in [5, 5.41) is 1.96. The summed E-state index contributed by atoms with van der Waals surface area (Å²) in [5.41, 5.74) is 5.92. The van der Waals surface area contributed by atoms with E-state index in [4.69, 9.17) is 4.74 Å². The van der Waals surface area contributed by atoms with Gasteiger partial charge in [0.05, 0.1) is 11.2 Å². The van der Waals surface area contributed by atoms with Crippen LogP contribution in [0.3, 0.4) is 0 Å². The first-order valence-electron chi connectivity index (χ1n) is 8.25. The number of nitrogens with zero attached hydrogens (tertiary/aromatic N) is 2. The predicted molar refractivity (Wildman–Crippen MR) is 97.8 cm³/mol. The zero-order chi connectivity index (χ0) is 17.1. The highest BCUT2D eigenvalue weighted by Crippen LogP contribution is 2.22. The van der Waals surface area contributed by atoms with Gasteiger partial charge in [-0.05, 0) is 35.7 Å². The average Bonchev–Trinajstić information content (AvgIpc) is 3.19. The van der Waals surface area contributed by atoms with Crippen LogP contribution >= 0.6 is 11.3 Å². The smallest absolute Gasteiger partial charge is 0.254 e. The summed E-state index contributed by atoms with van der Waals surface area (Å²) in [5.74, 6) is 0.741. The van der Waals surface area contributed by atoms with Crippen molar-refractivity contribution in [1.29, 1.82) is 0 Å². The second-order valence-corrected chi connectivity index (χ2v) is 6.76. The quantitative estimate of drug-likeness (QED) is 0.716. The van der Waals surface area contributed by atoms with Crippen molar-refractivity contribution in [2.24, 2.45) is 0 Å². The molecule has 0 atom stereocenters. The number of thiazole rings is 1. The number of amides is 1. The summed E-state index contributed by atoms with van der Waals surface area (Å²) in [6.45, 7) is 1.83. The molecule has 1 aliphatic heterocycles. The molecule has 0 unspecified atom stereocenters. The van der Waals surface area contributed by atoms with Gasteiger partial charge in [0.15, 0.2) is 0 Å². The lowest BCUT2D eigenvalue weighted by atomic mass is 9.99. The van der Waals surface area contributed by atoms with Crippen molar-refractivity contribution < 1.29 is 9.53 Å². The van der Waals surface area contributed by atoms with Crippen LogP contribution in [0.2, 0.25) is 0 Å². The summed E-state index contributed by atoms with van der Waals surface area (Å²) in [6.07, 6.45) is 0.905. The maximum atomic E-state index is 12.9. The molecular weight excluding hydrogens is 332 g/mol. The predicted octanol–water partition coefficient (Wildman–Crippen LogP) is 3.92. The molecule has 0 spiro atoms. The second kappa shape index (κ2) is 7.07. The number of aromatic nitrogens is 1. The van der Waals surface area contributed by atoms with Crippen LogP contribution in [0.1, 0.15) is 27.2 Å². The molecule has 0 saturated heterocycles. The highest BCUT2D eigenvalue weighted by atomic mass is 32.1. The standard InChI is InChI=1S/C20H18N2O2S/c23-20(22-9-8-15-4-1-2-5-17(15)11-22)16-6-3-7-19(10-16)24-12-18-13-25-14-21-18/h1-7,10,13-14H,8-9,11-12H2. The fourth-order valence-corrected chi connectivity index (χ4v) is 3.58. The highest BCUT2D eigenvalue weighted by molar-refractivity contribution is 7.07. The van der Waals surface area contributed by atoms with E-state index in [0.717, 1.165) is 18.7 Å². The van der Waals surface area contributed by atoms with E-state index < -0.39 is 0 Å². The molecule has 2 heterocycles. The maximum absolute atomic E-state index is 12.9. The van der Waals surface area contributed by atoms with E-state index in [0.29, 0.717) is 24.5 Å². The Morgan fingerprint density at radius 3 is 2.88 bits per heavy atom. The monoisotopic (exact) mass is 350 g/mol. The third-order valence-electron chi connectivity index (χ3n) is 4.37. The fourth-order valence-electron chi connectivity index (χ4n) is 3.04. The Balaban J connectivity index is 1.46. The minimum atomic E-state index is 0.0496. The second-order valence-electron chi connectivity index (χ2n) is 6.04. The van der Waals surface area contributed by atoms with E-state index in [1.165, 1.54) is 11.1 Å². The molecule has 0 saturated carbocycles. The largest absolute Gasteiger partial charge is 0.487 e. The van der Waals surface area contributed by atoms with Gasteiger partial charge in [-0.25, -0.2) is 4.98 Å². The number of carbonyl (C=O) groups excluding carboxylic acids is 1. The van der Waals surface area contributed by atoms with E-state index in [1.54, 1.807) is 16.8 Å². The summed E-state index contributed by atoms with van der Waals surface area (Å²) in [7, 11) is 0. The number of benzene rings is 2. The minimum Gasteiger partial charge on any atom is -0.487 e. The molecule has 2 aromatic carbocycles. The van der Waals surface area contributed by atoms with Crippen LogP contribution < -0.4 is 4.74 Å². The summed E-state index contributed by atoms with van der Waals surface area (Å²) >= 11 is 1.54. The molecule has 3 aromatic rings. The van der Waals surface area contributed by atoms with Crippen molar-refractivity contribution in [3.63, 3.8) is 0 Å². The third-order valence-corrected chi connectivity index (χ3v) is 5.00. The lowest BCUT2D eigenvalue weighted by Gasteiger charge is -2.29. The Bertz CT molecular complexity index is 877. The first-order valence-corrected chi connectivity index (χ1v) is 9.20. The van der Waals surface area contributed by atoms with Gasteiger partial charge in [-0.1, -0.05) is 30.3 Å². The van der Waals surface area contributed by atoms with Crippen LogP contribution in [0.4, 0.5) is 0 Å². The molecule has 4 rings (SSSR count). The Morgan fingerprint density at radius 2 is 2.04 bits per heavy atom. The number of hydrogen-bond donors (Lipinski definition) is 0. The highest BCUT2D eigenvalue weighted by Gasteiger charge is 2.21. The van der Waals surface area contributed by atoms with E-state index in [1.807, 2.05) is 40.6 Å². The Hall–Kier alpha value is -2.66. The van der Waals surface area contributed by atoms with E-state index in [9.17, 15) is 4.79 Å². The Morgan fingerprint density at radius 1 is 1.16 bits per heavy atom.